The highest BCUT2D eigenvalue weighted by Crippen LogP contribution is 2.42. The Morgan fingerprint density at radius 1 is 1.42 bits per heavy atom. The molecule has 4 rings (SSSR count). The number of hydrogen-bond acceptors (Lipinski definition) is 2. The van der Waals surface area contributed by atoms with E-state index in [9.17, 15) is 9.18 Å². The van der Waals surface area contributed by atoms with Gasteiger partial charge in [0.05, 0.1) is 17.6 Å². The van der Waals surface area contributed by atoms with Crippen LogP contribution >= 0.6 is 0 Å². The van der Waals surface area contributed by atoms with Gasteiger partial charge in [-0.3, -0.25) is 0 Å². The summed E-state index contributed by atoms with van der Waals surface area (Å²) in [6.07, 6.45) is 7.02. The van der Waals surface area contributed by atoms with E-state index in [0.717, 1.165) is 6.54 Å². The summed E-state index contributed by atoms with van der Waals surface area (Å²) < 4.78 is 13.2. The van der Waals surface area contributed by atoms with Crippen LogP contribution in [0.2, 0.25) is 0 Å². The first-order valence-corrected chi connectivity index (χ1v) is 8.40. The van der Waals surface area contributed by atoms with Gasteiger partial charge in [0.15, 0.2) is 0 Å². The Balaban J connectivity index is 1.33. The molecule has 1 aromatic heterocycles. The Kier molecular flexibility index (Phi) is 3.75. The number of fused-ring (bicyclic) bond motifs is 3. The maximum Gasteiger partial charge on any atom is 0.317 e. The van der Waals surface area contributed by atoms with E-state index >= 15 is 0 Å². The molecule has 1 aromatic carbocycles. The third-order valence-corrected chi connectivity index (χ3v) is 5.16. The van der Waals surface area contributed by atoms with Gasteiger partial charge in [0.2, 0.25) is 0 Å². The fourth-order valence-electron chi connectivity index (χ4n) is 3.89. The van der Waals surface area contributed by atoms with Crippen LogP contribution in [0.4, 0.5) is 9.18 Å². The molecule has 1 heterocycles. The van der Waals surface area contributed by atoms with Gasteiger partial charge < -0.3 is 15.2 Å². The van der Waals surface area contributed by atoms with Gasteiger partial charge in [0.25, 0.3) is 0 Å². The Labute approximate surface area is 139 Å². The molecule has 0 spiro atoms. The van der Waals surface area contributed by atoms with E-state index in [1.54, 1.807) is 18.0 Å². The minimum absolute atomic E-state index is 0.103. The summed E-state index contributed by atoms with van der Waals surface area (Å²) in [5.74, 6) is 2.25. The Morgan fingerprint density at radius 3 is 3.04 bits per heavy atom. The molecule has 2 aliphatic rings. The second-order valence-electron chi connectivity index (χ2n) is 6.93. The summed E-state index contributed by atoms with van der Waals surface area (Å²) >= 11 is 0. The van der Waals surface area contributed by atoms with Crippen LogP contribution in [0, 0.1) is 23.6 Å². The molecule has 0 saturated heterocycles. The number of carbonyl (C=O) groups is 1. The van der Waals surface area contributed by atoms with Crippen molar-refractivity contribution in [1.29, 1.82) is 0 Å². The Morgan fingerprint density at radius 2 is 2.29 bits per heavy atom. The first kappa shape index (κ1) is 15.2. The molecule has 5 nitrogen and oxygen atoms in total. The van der Waals surface area contributed by atoms with Crippen molar-refractivity contribution in [2.45, 2.75) is 19.4 Å². The number of rotatable bonds is 4. The van der Waals surface area contributed by atoms with E-state index in [-0.39, 0.29) is 11.8 Å². The lowest BCUT2D eigenvalue weighted by molar-refractivity contribution is 0.203. The average molecular weight is 328 g/mol. The van der Waals surface area contributed by atoms with Crippen molar-refractivity contribution in [2.75, 3.05) is 13.6 Å². The second-order valence-corrected chi connectivity index (χ2v) is 6.93. The number of amides is 2. The van der Waals surface area contributed by atoms with Crippen LogP contribution in [0.1, 0.15) is 18.7 Å². The molecule has 2 bridgehead atoms. The van der Waals surface area contributed by atoms with E-state index in [4.69, 9.17) is 0 Å². The number of benzene rings is 1. The number of aromatic amines is 1. The van der Waals surface area contributed by atoms with E-state index in [1.807, 2.05) is 0 Å². The third-order valence-electron chi connectivity index (χ3n) is 5.16. The second kappa shape index (κ2) is 5.92. The first-order valence-electron chi connectivity index (χ1n) is 8.40. The fourth-order valence-corrected chi connectivity index (χ4v) is 3.89. The van der Waals surface area contributed by atoms with Gasteiger partial charge in [0.1, 0.15) is 11.6 Å². The highest BCUT2D eigenvalue weighted by atomic mass is 19.1. The summed E-state index contributed by atoms with van der Waals surface area (Å²) in [6, 6.07) is 4.32. The molecule has 0 radical (unpaired) electrons. The van der Waals surface area contributed by atoms with Crippen molar-refractivity contribution in [3.63, 3.8) is 0 Å². The molecular weight excluding hydrogens is 307 g/mol. The number of hydrogen-bond donors (Lipinski definition) is 2. The van der Waals surface area contributed by atoms with Gasteiger partial charge in [-0.05, 0) is 48.8 Å². The van der Waals surface area contributed by atoms with Crippen LogP contribution < -0.4 is 5.32 Å². The van der Waals surface area contributed by atoms with Gasteiger partial charge in [-0.1, -0.05) is 12.2 Å². The third kappa shape index (κ3) is 2.88. The zero-order valence-electron chi connectivity index (χ0n) is 13.6. The van der Waals surface area contributed by atoms with E-state index in [1.165, 1.54) is 25.0 Å². The van der Waals surface area contributed by atoms with Crippen molar-refractivity contribution in [2.24, 2.45) is 17.8 Å². The molecule has 1 fully saturated rings. The standard InChI is InChI=1S/C18H21FN4O/c1-23(10-17-21-15-5-4-14(19)8-16(15)22-17)18(24)20-9-13-7-11-2-3-12(13)6-11/h2-5,8,11-13H,6-7,9-10H2,1H3,(H,20,24)(H,21,22)/t11-,12+,13+/m1/s1. The van der Waals surface area contributed by atoms with Gasteiger partial charge >= 0.3 is 6.03 Å². The number of nitrogens with one attached hydrogen (secondary N) is 2. The zero-order chi connectivity index (χ0) is 16.7. The van der Waals surface area contributed by atoms with Crippen molar-refractivity contribution in [1.82, 2.24) is 20.2 Å². The van der Waals surface area contributed by atoms with Crippen LogP contribution in [-0.2, 0) is 6.54 Å². The monoisotopic (exact) mass is 328 g/mol. The highest BCUT2D eigenvalue weighted by Gasteiger charge is 2.35. The van der Waals surface area contributed by atoms with E-state index < -0.39 is 0 Å². The van der Waals surface area contributed by atoms with E-state index in [0.29, 0.717) is 41.2 Å². The van der Waals surface area contributed by atoms with Crippen molar-refractivity contribution in [3.05, 3.63) is 42.0 Å². The Hall–Kier alpha value is -2.37. The number of allylic oxidation sites excluding steroid dienone is 2. The summed E-state index contributed by atoms with van der Waals surface area (Å²) in [5, 5.41) is 3.02. The molecule has 2 aliphatic carbocycles. The molecule has 2 aromatic rings. The predicted octanol–water partition coefficient (Wildman–Crippen LogP) is 3.06. The van der Waals surface area contributed by atoms with Gasteiger partial charge in [-0.25, -0.2) is 14.2 Å². The molecule has 0 unspecified atom stereocenters. The lowest BCUT2D eigenvalue weighted by Gasteiger charge is -2.21. The number of H-pyrrole nitrogens is 1. The van der Waals surface area contributed by atoms with Crippen molar-refractivity contribution >= 4 is 17.1 Å². The number of imidazole rings is 1. The molecule has 126 valence electrons. The molecule has 24 heavy (non-hydrogen) atoms. The summed E-state index contributed by atoms with van der Waals surface area (Å²) in [6.45, 7) is 1.08. The smallest absolute Gasteiger partial charge is 0.317 e. The summed E-state index contributed by atoms with van der Waals surface area (Å²) in [7, 11) is 1.74. The number of urea groups is 1. The van der Waals surface area contributed by atoms with Gasteiger partial charge in [-0.15, -0.1) is 0 Å². The molecule has 6 heteroatoms. The number of halogens is 1. The minimum Gasteiger partial charge on any atom is -0.340 e. The van der Waals surface area contributed by atoms with Crippen LogP contribution in [0.15, 0.2) is 30.4 Å². The number of aromatic nitrogens is 2. The van der Waals surface area contributed by atoms with Crippen LogP contribution in [0.25, 0.3) is 11.0 Å². The molecule has 1 saturated carbocycles. The zero-order valence-corrected chi connectivity index (χ0v) is 13.6. The van der Waals surface area contributed by atoms with Crippen LogP contribution in [-0.4, -0.2) is 34.5 Å². The van der Waals surface area contributed by atoms with E-state index in [2.05, 4.69) is 27.4 Å². The molecule has 2 amide bonds. The highest BCUT2D eigenvalue weighted by molar-refractivity contribution is 5.76. The minimum atomic E-state index is -0.302. The SMILES string of the molecule is CN(Cc1nc2ccc(F)cc2[nH]1)C(=O)NC[C@@H]1C[C@@H]2C=C[C@H]1C2. The van der Waals surface area contributed by atoms with Gasteiger partial charge in [0, 0.05) is 13.6 Å². The molecule has 3 atom stereocenters. The maximum atomic E-state index is 13.2. The molecule has 0 aliphatic heterocycles. The topological polar surface area (TPSA) is 61.0 Å². The first-order chi connectivity index (χ1) is 11.6. The predicted molar refractivity (Wildman–Crippen MR) is 89.8 cm³/mol. The lowest BCUT2D eigenvalue weighted by atomic mass is 9.94. The lowest BCUT2D eigenvalue weighted by Crippen LogP contribution is -2.40. The molecule has 2 N–H and O–H groups in total. The number of carbonyl (C=O) groups excluding carboxylic acids is 1. The molecular formula is C18H21FN4O. The van der Waals surface area contributed by atoms with Crippen molar-refractivity contribution in [3.8, 4) is 0 Å². The van der Waals surface area contributed by atoms with Crippen LogP contribution in [0.5, 0.6) is 0 Å². The van der Waals surface area contributed by atoms with Crippen molar-refractivity contribution < 1.29 is 9.18 Å². The summed E-state index contributed by atoms with van der Waals surface area (Å²) in [4.78, 5) is 21.3. The normalized spacial score (nSPS) is 24.7. The fraction of sp³-hybridized carbons (Fsp3) is 0.444. The largest absolute Gasteiger partial charge is 0.340 e. The number of nitrogens with zero attached hydrogens (tertiary/aromatic N) is 2. The summed E-state index contributed by atoms with van der Waals surface area (Å²) in [5.41, 5.74) is 1.35. The average Bonchev–Trinajstić information content (AvgIpc) is 3.26. The van der Waals surface area contributed by atoms with Crippen LogP contribution in [0.3, 0.4) is 0 Å². The van der Waals surface area contributed by atoms with Gasteiger partial charge in [-0.2, -0.15) is 0 Å². The maximum absolute atomic E-state index is 13.2. The Bertz CT molecular complexity index is 799. The quantitative estimate of drug-likeness (QED) is 0.848.